The molecule has 0 fully saturated rings. The van der Waals surface area contributed by atoms with Crippen LogP contribution in [0.5, 0.6) is 0 Å². The maximum Gasteiger partial charge on any atom is 0.142 e. The van der Waals surface area contributed by atoms with Crippen molar-refractivity contribution < 1.29 is 9.50 Å². The maximum absolute atomic E-state index is 13.3. The van der Waals surface area contributed by atoms with E-state index in [0.29, 0.717) is 17.2 Å². The van der Waals surface area contributed by atoms with Crippen LogP contribution in [0.2, 0.25) is 10.0 Å². The lowest BCUT2D eigenvalue weighted by molar-refractivity contribution is 0.200. The third-order valence-corrected chi connectivity index (χ3v) is 4.43. The Hall–Kier alpha value is -0.740. The molecule has 0 bridgehead atoms. The van der Waals surface area contributed by atoms with Crippen molar-refractivity contribution in [3.05, 3.63) is 63.9 Å². The molecule has 1 nitrogen and oxygen atoms in total. The summed E-state index contributed by atoms with van der Waals surface area (Å²) in [5.41, 5.74) is 0.733. The van der Waals surface area contributed by atoms with Gasteiger partial charge >= 0.3 is 0 Å². The van der Waals surface area contributed by atoms with Crippen LogP contribution < -0.4 is 0 Å². The molecule has 0 aromatic heterocycles. The zero-order valence-corrected chi connectivity index (χ0v) is 12.9. The molecule has 0 saturated carbocycles. The molecule has 0 heterocycles. The van der Waals surface area contributed by atoms with E-state index in [2.05, 4.69) is 0 Å². The second kappa shape index (κ2) is 7.32. The van der Waals surface area contributed by atoms with E-state index in [1.807, 2.05) is 24.3 Å². The highest BCUT2D eigenvalue weighted by Gasteiger charge is 2.08. The Balaban J connectivity index is 1.87. The molecule has 1 unspecified atom stereocenters. The van der Waals surface area contributed by atoms with Crippen molar-refractivity contribution in [3.8, 4) is 0 Å². The molecule has 1 N–H and O–H groups in total. The van der Waals surface area contributed by atoms with Crippen LogP contribution in [-0.2, 0) is 6.42 Å². The molecular weight excluding hydrogens is 318 g/mol. The molecule has 1 atom stereocenters. The minimum Gasteiger partial charge on any atom is -0.392 e. The van der Waals surface area contributed by atoms with Gasteiger partial charge in [-0.05, 0) is 48.4 Å². The van der Waals surface area contributed by atoms with E-state index in [4.69, 9.17) is 23.2 Å². The van der Waals surface area contributed by atoms with Crippen LogP contribution in [0, 0.1) is 5.82 Å². The van der Waals surface area contributed by atoms with Gasteiger partial charge in [0.05, 0.1) is 11.1 Å². The minimum atomic E-state index is -0.545. The topological polar surface area (TPSA) is 20.2 Å². The largest absolute Gasteiger partial charge is 0.392 e. The fourth-order valence-corrected chi connectivity index (χ4v) is 2.80. The van der Waals surface area contributed by atoms with Crippen molar-refractivity contribution in [1.82, 2.24) is 0 Å². The summed E-state index contributed by atoms with van der Waals surface area (Å²) >= 11 is 13.0. The summed E-state index contributed by atoms with van der Waals surface area (Å²) in [6.07, 6.45) is -0.148. The molecule has 5 heteroatoms. The Bertz CT molecular complexity index is 575. The van der Waals surface area contributed by atoms with Gasteiger partial charge in [-0.3, -0.25) is 0 Å². The fourth-order valence-electron chi connectivity index (χ4n) is 1.72. The summed E-state index contributed by atoms with van der Waals surface area (Å²) in [5.74, 6) is 0.0769. The average molecular weight is 331 g/mol. The third-order valence-electron chi connectivity index (χ3n) is 2.71. The Morgan fingerprint density at radius 1 is 1.10 bits per heavy atom. The van der Waals surface area contributed by atoms with Gasteiger partial charge in [-0.15, -0.1) is 11.8 Å². The molecule has 0 radical (unpaired) electrons. The third kappa shape index (κ3) is 4.67. The fraction of sp³-hybridized carbons (Fsp3) is 0.200. The monoisotopic (exact) mass is 330 g/mol. The highest BCUT2D eigenvalue weighted by molar-refractivity contribution is 7.99. The molecule has 106 valence electrons. The highest BCUT2D eigenvalue weighted by atomic mass is 35.5. The first-order valence-corrected chi connectivity index (χ1v) is 7.79. The molecule has 2 rings (SSSR count). The molecule has 0 spiro atoms. The van der Waals surface area contributed by atoms with Crippen LogP contribution in [-0.4, -0.2) is 17.0 Å². The number of thioether (sulfide) groups is 1. The summed E-state index contributed by atoms with van der Waals surface area (Å²) in [6, 6.07) is 12.0. The number of benzene rings is 2. The molecule has 0 amide bonds. The highest BCUT2D eigenvalue weighted by Crippen LogP contribution is 2.22. The zero-order chi connectivity index (χ0) is 14.5. The first kappa shape index (κ1) is 15.6. The summed E-state index contributed by atoms with van der Waals surface area (Å²) in [6.45, 7) is 0. The van der Waals surface area contributed by atoms with Gasteiger partial charge in [-0.1, -0.05) is 29.3 Å². The van der Waals surface area contributed by atoms with E-state index in [9.17, 15) is 9.50 Å². The van der Waals surface area contributed by atoms with Crippen LogP contribution in [0.4, 0.5) is 4.39 Å². The second-order valence-electron chi connectivity index (χ2n) is 4.37. The van der Waals surface area contributed by atoms with Crippen molar-refractivity contribution in [2.75, 3.05) is 5.75 Å². The maximum atomic E-state index is 13.3. The Kier molecular flexibility index (Phi) is 5.73. The summed E-state index contributed by atoms with van der Waals surface area (Å²) in [4.78, 5) is 1.04. The van der Waals surface area contributed by atoms with Gasteiger partial charge in [0.15, 0.2) is 0 Å². The summed E-state index contributed by atoms with van der Waals surface area (Å²) in [7, 11) is 0. The molecule has 20 heavy (non-hydrogen) atoms. The number of aliphatic hydroxyl groups excluding tert-OH is 1. The standard InChI is InChI=1S/C15H13Cl2FOS/c16-11-2-4-13(5-3-11)20-9-12(19)7-10-1-6-14(17)15(18)8-10/h1-6,8,12,19H,7,9H2. The lowest BCUT2D eigenvalue weighted by Gasteiger charge is -2.11. The predicted octanol–water partition coefficient (Wildman–Crippen LogP) is 4.83. The van der Waals surface area contributed by atoms with Gasteiger partial charge in [-0.25, -0.2) is 4.39 Å². The molecule has 2 aromatic carbocycles. The first-order valence-electron chi connectivity index (χ1n) is 6.05. The van der Waals surface area contributed by atoms with Crippen LogP contribution >= 0.6 is 35.0 Å². The first-order chi connectivity index (χ1) is 9.54. The van der Waals surface area contributed by atoms with Gasteiger partial charge in [-0.2, -0.15) is 0 Å². The van der Waals surface area contributed by atoms with Crippen molar-refractivity contribution in [2.45, 2.75) is 17.4 Å². The number of aliphatic hydroxyl groups is 1. The van der Waals surface area contributed by atoms with Crippen molar-refractivity contribution in [1.29, 1.82) is 0 Å². The summed E-state index contributed by atoms with van der Waals surface area (Å²) < 4.78 is 13.3. The quantitative estimate of drug-likeness (QED) is 0.792. The average Bonchev–Trinajstić information content (AvgIpc) is 2.42. The predicted molar refractivity (Wildman–Crippen MR) is 83.3 cm³/mol. The smallest absolute Gasteiger partial charge is 0.142 e. The van der Waals surface area contributed by atoms with Crippen molar-refractivity contribution >= 4 is 35.0 Å². The van der Waals surface area contributed by atoms with Crippen LogP contribution in [0.25, 0.3) is 0 Å². The molecule has 0 aliphatic carbocycles. The Morgan fingerprint density at radius 2 is 1.80 bits per heavy atom. The van der Waals surface area contributed by atoms with Gasteiger partial charge < -0.3 is 5.11 Å². The lowest BCUT2D eigenvalue weighted by Crippen LogP contribution is -2.13. The number of hydrogen-bond donors (Lipinski definition) is 1. The van der Waals surface area contributed by atoms with E-state index >= 15 is 0 Å². The Labute approximate surface area is 131 Å². The van der Waals surface area contributed by atoms with Crippen LogP contribution in [0.3, 0.4) is 0 Å². The number of halogens is 3. The minimum absolute atomic E-state index is 0.0961. The van der Waals surface area contributed by atoms with Crippen LogP contribution in [0.15, 0.2) is 47.4 Å². The van der Waals surface area contributed by atoms with E-state index in [1.165, 1.54) is 23.9 Å². The zero-order valence-electron chi connectivity index (χ0n) is 10.5. The van der Waals surface area contributed by atoms with E-state index in [-0.39, 0.29) is 5.02 Å². The lowest BCUT2D eigenvalue weighted by atomic mass is 10.1. The van der Waals surface area contributed by atoms with Gasteiger partial charge in [0.1, 0.15) is 5.82 Å². The molecular formula is C15H13Cl2FOS. The van der Waals surface area contributed by atoms with E-state index in [1.54, 1.807) is 6.07 Å². The molecule has 0 saturated heterocycles. The van der Waals surface area contributed by atoms with E-state index in [0.717, 1.165) is 10.5 Å². The van der Waals surface area contributed by atoms with E-state index < -0.39 is 11.9 Å². The van der Waals surface area contributed by atoms with Crippen LogP contribution in [0.1, 0.15) is 5.56 Å². The van der Waals surface area contributed by atoms with Crippen molar-refractivity contribution in [3.63, 3.8) is 0 Å². The second-order valence-corrected chi connectivity index (χ2v) is 6.31. The van der Waals surface area contributed by atoms with Gasteiger partial charge in [0.25, 0.3) is 0 Å². The number of rotatable bonds is 5. The normalized spacial score (nSPS) is 12.4. The Morgan fingerprint density at radius 3 is 2.45 bits per heavy atom. The molecule has 2 aromatic rings. The van der Waals surface area contributed by atoms with Crippen molar-refractivity contribution in [2.24, 2.45) is 0 Å². The SMILES string of the molecule is OC(CSc1ccc(Cl)cc1)Cc1ccc(Cl)c(F)c1. The number of hydrogen-bond acceptors (Lipinski definition) is 2. The van der Waals surface area contributed by atoms with Gasteiger partial charge in [0, 0.05) is 15.7 Å². The molecule has 0 aliphatic heterocycles. The molecule has 0 aliphatic rings. The summed E-state index contributed by atoms with van der Waals surface area (Å²) in [5, 5.41) is 10.8. The van der Waals surface area contributed by atoms with Gasteiger partial charge in [0.2, 0.25) is 0 Å².